The molecule has 3 heterocycles. The van der Waals surface area contributed by atoms with Crippen LogP contribution in [0.25, 0.3) is 11.3 Å². The lowest BCUT2D eigenvalue weighted by molar-refractivity contribution is -0.114. The molecule has 182 valence electrons. The quantitative estimate of drug-likeness (QED) is 0.269. The summed E-state index contributed by atoms with van der Waals surface area (Å²) < 4.78 is 12.8. The molecule has 2 N–H and O–H groups in total. The topological polar surface area (TPSA) is 79.6 Å². The maximum absolute atomic E-state index is 11.8. The molecular weight excluding hydrogens is 540 g/mol. The maximum Gasteiger partial charge on any atom is 0.221 e. The number of thiocarbonyl (C=S) groups is 1. The van der Waals surface area contributed by atoms with Gasteiger partial charge in [0.1, 0.15) is 23.3 Å². The number of hydrogen-bond acceptors (Lipinski definition) is 5. The molecule has 1 aliphatic heterocycles. The summed E-state index contributed by atoms with van der Waals surface area (Å²) in [5.74, 6) is 1.84. The van der Waals surface area contributed by atoms with Crippen molar-refractivity contribution in [1.29, 1.82) is 0 Å². The van der Waals surface area contributed by atoms with E-state index >= 15 is 0 Å². The Morgan fingerprint density at radius 1 is 1.14 bits per heavy atom. The predicted molar refractivity (Wildman–Crippen MR) is 147 cm³/mol. The zero-order valence-corrected chi connectivity index (χ0v) is 22.0. The van der Waals surface area contributed by atoms with Crippen LogP contribution in [0.2, 0.25) is 0 Å². The fourth-order valence-electron chi connectivity index (χ4n) is 4.34. The lowest BCUT2D eigenvalue weighted by atomic mass is 10.0. The highest BCUT2D eigenvalue weighted by atomic mass is 79.9. The molecule has 36 heavy (non-hydrogen) atoms. The lowest BCUT2D eigenvalue weighted by Crippen LogP contribution is -2.29. The largest absolute Gasteiger partial charge is 0.495 e. The van der Waals surface area contributed by atoms with Gasteiger partial charge < -0.3 is 24.7 Å². The van der Waals surface area contributed by atoms with Crippen LogP contribution in [-0.2, 0) is 4.79 Å². The molecule has 1 aliphatic rings. The van der Waals surface area contributed by atoms with E-state index in [-0.39, 0.29) is 18.0 Å². The van der Waals surface area contributed by atoms with Gasteiger partial charge in [0.2, 0.25) is 5.91 Å². The molecule has 0 bridgehead atoms. The van der Waals surface area contributed by atoms with Gasteiger partial charge in [0, 0.05) is 28.8 Å². The fourth-order valence-corrected chi connectivity index (χ4v) is 4.95. The molecule has 1 saturated heterocycles. The first-order valence-electron chi connectivity index (χ1n) is 11.3. The number of amides is 1. The third-order valence-electron chi connectivity index (χ3n) is 5.92. The van der Waals surface area contributed by atoms with Crippen LogP contribution in [0.5, 0.6) is 5.75 Å². The molecule has 4 aromatic rings. The van der Waals surface area contributed by atoms with E-state index in [0.29, 0.717) is 16.5 Å². The fraction of sp³-hybridized carbons (Fsp3) is 0.148. The van der Waals surface area contributed by atoms with Gasteiger partial charge in [0.25, 0.3) is 0 Å². The molecule has 5 rings (SSSR count). The molecule has 0 aliphatic carbocycles. The Morgan fingerprint density at radius 2 is 1.94 bits per heavy atom. The number of hydrogen-bond donors (Lipinski definition) is 2. The second-order valence-corrected chi connectivity index (χ2v) is 9.57. The second kappa shape index (κ2) is 10.1. The van der Waals surface area contributed by atoms with Crippen molar-refractivity contribution in [2.75, 3.05) is 17.3 Å². The Hall–Kier alpha value is -3.69. The predicted octanol–water partition coefficient (Wildman–Crippen LogP) is 6.25. The van der Waals surface area contributed by atoms with E-state index in [1.807, 2.05) is 77.7 Å². The number of nitrogens with zero attached hydrogens (tertiary/aromatic N) is 2. The zero-order valence-electron chi connectivity index (χ0n) is 19.6. The van der Waals surface area contributed by atoms with Gasteiger partial charge >= 0.3 is 0 Å². The average molecular weight is 563 g/mol. The molecule has 7 nitrogen and oxygen atoms in total. The number of rotatable bonds is 6. The van der Waals surface area contributed by atoms with Gasteiger partial charge in [0.05, 0.1) is 24.5 Å². The normalized spacial score (nSPS) is 17.1. The van der Waals surface area contributed by atoms with E-state index in [1.165, 1.54) is 6.92 Å². The highest BCUT2D eigenvalue weighted by Crippen LogP contribution is 2.44. The van der Waals surface area contributed by atoms with E-state index < -0.39 is 0 Å². The Kier molecular flexibility index (Phi) is 6.75. The van der Waals surface area contributed by atoms with Crippen LogP contribution in [0.1, 0.15) is 30.5 Å². The number of furan rings is 1. The molecule has 2 aromatic carbocycles. The van der Waals surface area contributed by atoms with Crippen molar-refractivity contribution >= 4 is 50.5 Å². The number of methoxy groups -OCH3 is 1. The Bertz CT molecular complexity index is 1410. The van der Waals surface area contributed by atoms with Crippen molar-refractivity contribution in [3.8, 4) is 17.1 Å². The Balaban J connectivity index is 1.60. The van der Waals surface area contributed by atoms with Crippen LogP contribution in [0, 0.1) is 0 Å². The van der Waals surface area contributed by atoms with Gasteiger partial charge in [-0.15, -0.1) is 0 Å². The first kappa shape index (κ1) is 24.0. The summed E-state index contributed by atoms with van der Waals surface area (Å²) in [5, 5.41) is 6.78. The van der Waals surface area contributed by atoms with Gasteiger partial charge in [-0.05, 0) is 66.8 Å². The molecule has 0 unspecified atom stereocenters. The molecule has 9 heteroatoms. The molecule has 1 amide bonds. The van der Waals surface area contributed by atoms with Crippen LogP contribution >= 0.6 is 28.1 Å². The number of anilines is 2. The summed E-state index contributed by atoms with van der Waals surface area (Å²) in [4.78, 5) is 18.4. The zero-order chi connectivity index (χ0) is 25.2. The summed E-state index contributed by atoms with van der Waals surface area (Å²) in [6.45, 7) is 1.46. The first-order chi connectivity index (χ1) is 17.4. The van der Waals surface area contributed by atoms with Crippen molar-refractivity contribution in [2.45, 2.75) is 19.0 Å². The minimum absolute atomic E-state index is 0.194. The monoisotopic (exact) mass is 562 g/mol. The van der Waals surface area contributed by atoms with Crippen molar-refractivity contribution in [1.82, 2.24) is 10.3 Å². The Labute approximate surface area is 222 Å². The molecular formula is C27H23BrN4O3S. The summed E-state index contributed by atoms with van der Waals surface area (Å²) in [5.41, 5.74) is 3.14. The van der Waals surface area contributed by atoms with E-state index in [9.17, 15) is 4.79 Å². The van der Waals surface area contributed by atoms with E-state index in [2.05, 4.69) is 31.5 Å². The highest BCUT2D eigenvalue weighted by Gasteiger charge is 2.42. The van der Waals surface area contributed by atoms with Gasteiger partial charge in [-0.25, -0.2) is 0 Å². The molecule has 2 aromatic heterocycles. The number of halogens is 1. The number of pyridine rings is 1. The third-order valence-corrected chi connectivity index (χ3v) is 6.76. The van der Waals surface area contributed by atoms with Crippen LogP contribution < -0.4 is 20.3 Å². The minimum atomic E-state index is -0.324. The van der Waals surface area contributed by atoms with Gasteiger partial charge in [0.15, 0.2) is 5.11 Å². The number of carbonyl (C=O) groups is 1. The van der Waals surface area contributed by atoms with Crippen LogP contribution in [-0.4, -0.2) is 23.1 Å². The molecule has 2 atom stereocenters. The molecule has 0 spiro atoms. The number of benzene rings is 2. The van der Waals surface area contributed by atoms with Crippen molar-refractivity contribution in [2.24, 2.45) is 0 Å². The molecule has 1 fully saturated rings. The first-order valence-corrected chi connectivity index (χ1v) is 12.5. The van der Waals surface area contributed by atoms with E-state index in [0.717, 1.165) is 32.9 Å². The smallest absolute Gasteiger partial charge is 0.221 e. The van der Waals surface area contributed by atoms with Gasteiger partial charge in [-0.2, -0.15) is 0 Å². The Morgan fingerprint density at radius 3 is 2.64 bits per heavy atom. The second-order valence-electron chi connectivity index (χ2n) is 8.27. The summed E-state index contributed by atoms with van der Waals surface area (Å²) in [6.07, 6.45) is 1.76. The highest BCUT2D eigenvalue weighted by molar-refractivity contribution is 9.10. The van der Waals surface area contributed by atoms with Gasteiger partial charge in [-0.1, -0.05) is 34.1 Å². The number of ether oxygens (including phenoxy) is 1. The summed E-state index contributed by atoms with van der Waals surface area (Å²) >= 11 is 9.29. The average Bonchev–Trinajstić information content (AvgIpc) is 3.49. The molecule has 0 saturated carbocycles. The summed E-state index contributed by atoms with van der Waals surface area (Å²) in [7, 11) is 1.56. The SMILES string of the molecule is COc1ccc(N2C(=S)N[C@@H](c3ccccn3)[C@@H]2c2ccc(-c3ccc(Br)cc3)o2)cc1NC(C)=O. The van der Waals surface area contributed by atoms with Crippen molar-refractivity contribution < 1.29 is 13.9 Å². The van der Waals surface area contributed by atoms with Crippen LogP contribution in [0.4, 0.5) is 11.4 Å². The third kappa shape index (κ3) is 4.72. The summed E-state index contributed by atoms with van der Waals surface area (Å²) in [6, 6.07) is 22.7. The molecule has 0 radical (unpaired) electrons. The lowest BCUT2D eigenvalue weighted by Gasteiger charge is -2.27. The van der Waals surface area contributed by atoms with Crippen LogP contribution in [0.15, 0.2) is 87.9 Å². The minimum Gasteiger partial charge on any atom is -0.495 e. The number of aromatic nitrogens is 1. The number of nitrogens with one attached hydrogen (secondary N) is 2. The standard InChI is InChI=1S/C27H23BrN4O3S/c1-16(33)30-21-15-19(10-11-23(21)34-2)32-26(25(31-27(32)36)20-5-3-4-14-29-20)24-13-12-22(35-24)17-6-8-18(28)9-7-17/h3-15,25-26H,1-2H3,(H,30,33)(H,31,36)/t25-,26-/m0/s1. The maximum atomic E-state index is 11.8. The van der Waals surface area contributed by atoms with Gasteiger partial charge in [-0.3, -0.25) is 9.78 Å². The number of carbonyl (C=O) groups excluding carboxylic acids is 1. The van der Waals surface area contributed by atoms with Crippen molar-refractivity contribution in [3.05, 3.63) is 94.9 Å². The van der Waals surface area contributed by atoms with E-state index in [1.54, 1.807) is 13.3 Å². The van der Waals surface area contributed by atoms with Crippen LogP contribution in [0.3, 0.4) is 0 Å². The van der Waals surface area contributed by atoms with Crippen molar-refractivity contribution in [3.63, 3.8) is 0 Å². The van der Waals surface area contributed by atoms with E-state index in [4.69, 9.17) is 21.4 Å².